The maximum atomic E-state index is 10.6. The number of alkyl halides is 3. The van der Waals surface area contributed by atoms with Gasteiger partial charge in [-0.25, -0.2) is 4.79 Å². The molecule has 0 aromatic heterocycles. The van der Waals surface area contributed by atoms with Gasteiger partial charge < -0.3 is 15.3 Å². The Kier molecular flexibility index (Phi) is 3.02. The van der Waals surface area contributed by atoms with Crippen molar-refractivity contribution in [3.63, 3.8) is 0 Å². The molecule has 5 nitrogen and oxygen atoms in total. The molecule has 2 heterocycles. The Balaban J connectivity index is 0.000000164. The van der Waals surface area contributed by atoms with Crippen LogP contribution in [0.25, 0.3) is 0 Å². The van der Waals surface area contributed by atoms with Crippen LogP contribution >= 0.6 is 0 Å². The van der Waals surface area contributed by atoms with Crippen molar-refractivity contribution in [2.75, 3.05) is 13.1 Å². The zero-order valence-electron chi connectivity index (χ0n) is 11.5. The standard InChI is InChI=1S/C11H16N2O.C2HF3O2/c1-7-8-5-12-6-11(7,8)9-4-10(2-3-10)14-13-9;3-2(4,5)1(6)7/h7-8,12H,2-6H2,1H3;(H,6,7)/t7-,8-,11+;/m1./s1. The van der Waals surface area contributed by atoms with E-state index in [9.17, 15) is 13.2 Å². The molecule has 1 saturated heterocycles. The molecule has 0 aromatic rings. The number of fused-ring (bicyclic) bond motifs is 1. The van der Waals surface area contributed by atoms with E-state index in [1.54, 1.807) is 0 Å². The summed E-state index contributed by atoms with van der Waals surface area (Å²) in [6.45, 7) is 4.69. The summed E-state index contributed by atoms with van der Waals surface area (Å²) < 4.78 is 31.7. The molecule has 118 valence electrons. The first-order chi connectivity index (χ1) is 9.71. The fourth-order valence-corrected chi connectivity index (χ4v) is 3.57. The molecule has 0 amide bonds. The van der Waals surface area contributed by atoms with E-state index >= 15 is 0 Å². The molecule has 2 saturated carbocycles. The van der Waals surface area contributed by atoms with E-state index in [1.807, 2.05) is 0 Å². The van der Waals surface area contributed by atoms with Crippen LogP contribution in [0.15, 0.2) is 5.16 Å². The van der Waals surface area contributed by atoms with Gasteiger partial charge in [-0.15, -0.1) is 0 Å². The molecule has 0 bridgehead atoms. The molecule has 2 aliphatic heterocycles. The molecule has 0 radical (unpaired) electrons. The molecule has 4 aliphatic rings. The van der Waals surface area contributed by atoms with Gasteiger partial charge in [0.15, 0.2) is 0 Å². The average Bonchev–Trinajstić information content (AvgIpc) is 3.08. The normalized spacial score (nSPS) is 38.0. The van der Waals surface area contributed by atoms with Crippen molar-refractivity contribution in [2.24, 2.45) is 22.4 Å². The van der Waals surface area contributed by atoms with E-state index in [1.165, 1.54) is 25.1 Å². The summed E-state index contributed by atoms with van der Waals surface area (Å²) in [6.07, 6.45) is -1.51. The van der Waals surface area contributed by atoms with E-state index < -0.39 is 12.1 Å². The largest absolute Gasteiger partial charge is 0.490 e. The van der Waals surface area contributed by atoms with Crippen LogP contribution in [0.5, 0.6) is 0 Å². The number of hydrogen-bond donors (Lipinski definition) is 2. The number of carboxylic acids is 1. The molecule has 3 fully saturated rings. The zero-order chi connectivity index (χ0) is 15.5. The van der Waals surface area contributed by atoms with Gasteiger partial charge >= 0.3 is 12.1 Å². The van der Waals surface area contributed by atoms with Gasteiger partial charge in [-0.3, -0.25) is 0 Å². The Labute approximate surface area is 119 Å². The maximum absolute atomic E-state index is 10.6. The first kappa shape index (κ1) is 14.6. The fraction of sp³-hybridized carbons (Fsp3) is 0.846. The Bertz CT molecular complexity index is 501. The Morgan fingerprint density at radius 3 is 2.48 bits per heavy atom. The van der Waals surface area contributed by atoms with Crippen molar-refractivity contribution in [3.8, 4) is 0 Å². The molecule has 8 heteroatoms. The van der Waals surface area contributed by atoms with Crippen molar-refractivity contribution in [2.45, 2.75) is 38.0 Å². The Morgan fingerprint density at radius 2 is 2.10 bits per heavy atom. The van der Waals surface area contributed by atoms with Gasteiger partial charge in [0.25, 0.3) is 0 Å². The third kappa shape index (κ3) is 2.29. The number of halogens is 3. The van der Waals surface area contributed by atoms with Crippen LogP contribution in [0.1, 0.15) is 26.2 Å². The van der Waals surface area contributed by atoms with E-state index in [0.717, 1.165) is 24.8 Å². The average molecular weight is 306 g/mol. The first-order valence-corrected chi connectivity index (χ1v) is 6.98. The summed E-state index contributed by atoms with van der Waals surface area (Å²) in [5.74, 6) is -1.08. The van der Waals surface area contributed by atoms with Gasteiger partial charge in [0, 0.05) is 18.4 Å². The van der Waals surface area contributed by atoms with Crippen LogP contribution in [-0.4, -0.2) is 41.7 Å². The lowest BCUT2D eigenvalue weighted by Gasteiger charge is -2.12. The summed E-state index contributed by atoms with van der Waals surface area (Å²) in [4.78, 5) is 14.5. The molecule has 1 spiro atoms. The van der Waals surface area contributed by atoms with Crippen LogP contribution in [0.4, 0.5) is 13.2 Å². The molecule has 0 aromatic carbocycles. The minimum atomic E-state index is -5.08. The fourth-order valence-electron chi connectivity index (χ4n) is 3.57. The lowest BCUT2D eigenvalue weighted by Crippen LogP contribution is -2.27. The Hall–Kier alpha value is -1.31. The van der Waals surface area contributed by atoms with Crippen molar-refractivity contribution in [1.82, 2.24) is 5.32 Å². The highest BCUT2D eigenvalue weighted by atomic mass is 19.4. The second-order valence-electron chi connectivity index (χ2n) is 6.36. The van der Waals surface area contributed by atoms with Crippen LogP contribution in [0, 0.1) is 17.3 Å². The number of piperidine rings is 1. The van der Waals surface area contributed by atoms with Gasteiger partial charge in [0.1, 0.15) is 5.60 Å². The quantitative estimate of drug-likeness (QED) is 0.775. The summed E-state index contributed by atoms with van der Waals surface area (Å²) in [6, 6.07) is 0. The number of nitrogens with one attached hydrogen (secondary N) is 1. The molecule has 4 rings (SSSR count). The number of carboxylic acid groups (broad SMARTS) is 1. The third-order valence-electron chi connectivity index (χ3n) is 5.18. The van der Waals surface area contributed by atoms with Gasteiger partial charge in [-0.1, -0.05) is 12.1 Å². The van der Waals surface area contributed by atoms with Crippen LogP contribution in [0.3, 0.4) is 0 Å². The second kappa shape index (κ2) is 4.34. The molecular formula is C13H17F3N2O3. The van der Waals surface area contributed by atoms with E-state index in [2.05, 4.69) is 17.4 Å². The van der Waals surface area contributed by atoms with E-state index in [0.29, 0.717) is 5.41 Å². The zero-order valence-corrected chi connectivity index (χ0v) is 11.5. The van der Waals surface area contributed by atoms with Gasteiger partial charge in [0.2, 0.25) is 0 Å². The van der Waals surface area contributed by atoms with Crippen molar-refractivity contribution in [1.29, 1.82) is 0 Å². The first-order valence-electron chi connectivity index (χ1n) is 6.98. The molecule has 0 unspecified atom stereocenters. The topological polar surface area (TPSA) is 70.9 Å². The van der Waals surface area contributed by atoms with Gasteiger partial charge in [-0.2, -0.15) is 13.2 Å². The summed E-state index contributed by atoms with van der Waals surface area (Å²) in [5.41, 5.74) is 1.96. The van der Waals surface area contributed by atoms with E-state index in [4.69, 9.17) is 14.7 Å². The summed E-state index contributed by atoms with van der Waals surface area (Å²) in [5, 5.41) is 15.0. The van der Waals surface area contributed by atoms with Crippen molar-refractivity contribution in [3.05, 3.63) is 0 Å². The highest BCUT2D eigenvalue weighted by Crippen LogP contribution is 2.64. The van der Waals surface area contributed by atoms with Gasteiger partial charge in [0.05, 0.1) is 5.71 Å². The number of nitrogens with zero attached hydrogens (tertiary/aromatic N) is 1. The summed E-state index contributed by atoms with van der Waals surface area (Å²) >= 11 is 0. The monoisotopic (exact) mass is 306 g/mol. The van der Waals surface area contributed by atoms with Crippen molar-refractivity contribution >= 4 is 11.7 Å². The van der Waals surface area contributed by atoms with Crippen molar-refractivity contribution < 1.29 is 27.9 Å². The van der Waals surface area contributed by atoms with Crippen LogP contribution < -0.4 is 5.32 Å². The van der Waals surface area contributed by atoms with Gasteiger partial charge in [-0.05, 0) is 31.2 Å². The summed E-state index contributed by atoms with van der Waals surface area (Å²) in [7, 11) is 0. The number of aliphatic carboxylic acids is 1. The SMILES string of the molecule is C[C@@H]1[C@H]2CNC[C@]12C1=NOC2(CC2)C1.O=C(O)C(F)(F)F. The lowest BCUT2D eigenvalue weighted by atomic mass is 9.92. The predicted octanol–water partition coefficient (Wildman–Crippen LogP) is 1.78. The lowest BCUT2D eigenvalue weighted by molar-refractivity contribution is -0.192. The highest BCUT2D eigenvalue weighted by molar-refractivity contribution is 5.96. The van der Waals surface area contributed by atoms with Crippen LogP contribution in [-0.2, 0) is 9.63 Å². The minimum Gasteiger partial charge on any atom is -0.475 e. The molecule has 21 heavy (non-hydrogen) atoms. The van der Waals surface area contributed by atoms with Crippen LogP contribution in [0.2, 0.25) is 0 Å². The number of hydrogen-bond acceptors (Lipinski definition) is 4. The highest BCUT2D eigenvalue weighted by Gasteiger charge is 2.70. The number of carbonyl (C=O) groups is 1. The predicted molar refractivity (Wildman–Crippen MR) is 66.7 cm³/mol. The molecule has 2 aliphatic carbocycles. The molecular weight excluding hydrogens is 289 g/mol. The third-order valence-corrected chi connectivity index (χ3v) is 5.18. The Morgan fingerprint density at radius 1 is 1.48 bits per heavy atom. The maximum Gasteiger partial charge on any atom is 0.490 e. The minimum absolute atomic E-state index is 0.180. The van der Waals surface area contributed by atoms with E-state index in [-0.39, 0.29) is 5.60 Å². The number of oxime groups is 1. The smallest absolute Gasteiger partial charge is 0.475 e. The molecule has 3 atom stereocenters. The molecule has 2 N–H and O–H groups in total. The number of rotatable bonds is 1. The second-order valence-corrected chi connectivity index (χ2v) is 6.36.